The molecule has 0 fully saturated rings. The number of methoxy groups -OCH3 is 2. The lowest BCUT2D eigenvalue weighted by Gasteiger charge is -2.28. The first-order chi connectivity index (χ1) is 17.1. The van der Waals surface area contributed by atoms with Gasteiger partial charge in [0, 0.05) is 19.2 Å². The van der Waals surface area contributed by atoms with Crippen LogP contribution in [0, 0.1) is 0 Å². The van der Waals surface area contributed by atoms with Gasteiger partial charge in [0.2, 0.25) is 5.91 Å². The quantitative estimate of drug-likeness (QED) is 0.301. The van der Waals surface area contributed by atoms with Crippen molar-refractivity contribution in [2.45, 2.75) is 18.1 Å². The number of hydrogen-bond donors (Lipinski definition) is 0. The Morgan fingerprint density at radius 2 is 1.77 bits per heavy atom. The van der Waals surface area contributed by atoms with Gasteiger partial charge in [0.25, 0.3) is 5.56 Å². The van der Waals surface area contributed by atoms with Crippen molar-refractivity contribution >= 4 is 28.6 Å². The average Bonchev–Trinajstić information content (AvgIpc) is 2.91. The van der Waals surface area contributed by atoms with Gasteiger partial charge in [-0.15, -0.1) is 0 Å². The predicted molar refractivity (Wildman–Crippen MR) is 137 cm³/mol. The zero-order chi connectivity index (χ0) is 24.4. The minimum absolute atomic E-state index is 0.0102. The Labute approximate surface area is 207 Å². The van der Waals surface area contributed by atoms with Crippen molar-refractivity contribution in [1.29, 1.82) is 0 Å². The lowest BCUT2D eigenvalue weighted by atomic mass is 10.00. The number of aromatic nitrogens is 2. The number of hydrogen-bond acceptors (Lipinski definition) is 6. The Hall–Kier alpha value is -3.78. The maximum atomic E-state index is 13.6. The van der Waals surface area contributed by atoms with Gasteiger partial charge in [-0.1, -0.05) is 48.2 Å². The summed E-state index contributed by atoms with van der Waals surface area (Å²) in [4.78, 5) is 33.4. The number of benzene rings is 3. The third kappa shape index (κ3) is 4.49. The Balaban J connectivity index is 1.51. The van der Waals surface area contributed by atoms with Crippen LogP contribution in [-0.2, 0) is 17.8 Å². The Kier molecular flexibility index (Phi) is 6.46. The van der Waals surface area contributed by atoms with Gasteiger partial charge in [0.15, 0.2) is 5.16 Å². The zero-order valence-corrected chi connectivity index (χ0v) is 20.4. The molecule has 1 aromatic heterocycles. The molecule has 0 unspecified atom stereocenters. The summed E-state index contributed by atoms with van der Waals surface area (Å²) in [5.41, 5.74) is 3.33. The molecule has 1 amide bonds. The van der Waals surface area contributed by atoms with Crippen molar-refractivity contribution in [2.75, 3.05) is 26.5 Å². The van der Waals surface area contributed by atoms with Gasteiger partial charge >= 0.3 is 0 Å². The first kappa shape index (κ1) is 23.0. The molecule has 1 aliphatic rings. The number of carbonyl (C=O) groups is 1. The average molecular weight is 488 g/mol. The summed E-state index contributed by atoms with van der Waals surface area (Å²) in [6.45, 7) is 1.27. The van der Waals surface area contributed by atoms with E-state index in [2.05, 4.69) is 12.1 Å². The lowest BCUT2D eigenvalue weighted by molar-refractivity contribution is -0.129. The molecule has 3 aromatic carbocycles. The van der Waals surface area contributed by atoms with Crippen molar-refractivity contribution < 1.29 is 14.3 Å². The fraction of sp³-hybridized carbons (Fsp3) is 0.222. The standard InChI is InChI=1S/C27H25N3O4S/c1-33-20-11-12-24(34-2)23(15-20)30-26(32)21-9-5-6-10-22(21)28-27(30)35-17-25(31)29-14-13-18-7-3-4-8-19(18)16-29/h3-12,15H,13-14,16-17H2,1-2H3. The number of carbonyl (C=O) groups excluding carboxylic acids is 1. The Bertz CT molecular complexity index is 1470. The summed E-state index contributed by atoms with van der Waals surface area (Å²) < 4.78 is 12.4. The second-order valence-corrected chi connectivity index (χ2v) is 9.16. The summed E-state index contributed by atoms with van der Waals surface area (Å²) in [6, 6.07) is 20.7. The maximum Gasteiger partial charge on any atom is 0.266 e. The summed E-state index contributed by atoms with van der Waals surface area (Å²) in [6.07, 6.45) is 0.840. The minimum atomic E-state index is -0.232. The highest BCUT2D eigenvalue weighted by Gasteiger charge is 2.23. The fourth-order valence-corrected chi connectivity index (χ4v) is 5.23. The molecule has 35 heavy (non-hydrogen) atoms. The van der Waals surface area contributed by atoms with Gasteiger partial charge < -0.3 is 14.4 Å². The number of rotatable bonds is 6. The molecule has 0 saturated heterocycles. The van der Waals surface area contributed by atoms with E-state index in [1.165, 1.54) is 27.5 Å². The molecule has 8 heteroatoms. The maximum absolute atomic E-state index is 13.6. The number of amides is 1. The van der Waals surface area contributed by atoms with E-state index in [0.29, 0.717) is 46.3 Å². The molecule has 0 aliphatic carbocycles. The van der Waals surface area contributed by atoms with Crippen LogP contribution >= 0.6 is 11.8 Å². The summed E-state index contributed by atoms with van der Waals surface area (Å²) in [5.74, 6) is 1.26. The predicted octanol–water partition coefficient (Wildman–Crippen LogP) is 4.08. The second-order valence-electron chi connectivity index (χ2n) is 8.21. The lowest BCUT2D eigenvalue weighted by Crippen LogP contribution is -2.37. The zero-order valence-electron chi connectivity index (χ0n) is 19.6. The largest absolute Gasteiger partial charge is 0.497 e. The van der Waals surface area contributed by atoms with Crippen LogP contribution in [0.2, 0.25) is 0 Å². The van der Waals surface area contributed by atoms with Crippen LogP contribution in [0.25, 0.3) is 16.6 Å². The van der Waals surface area contributed by atoms with Crippen LogP contribution in [0.4, 0.5) is 0 Å². The number of nitrogens with zero attached hydrogens (tertiary/aromatic N) is 3. The van der Waals surface area contributed by atoms with E-state index in [1.54, 1.807) is 44.6 Å². The number of ether oxygens (including phenoxy) is 2. The number of thioether (sulfide) groups is 1. The molecule has 0 radical (unpaired) electrons. The molecule has 0 bridgehead atoms. The molecule has 0 atom stereocenters. The monoisotopic (exact) mass is 487 g/mol. The van der Waals surface area contributed by atoms with Crippen LogP contribution in [0.5, 0.6) is 11.5 Å². The van der Waals surface area contributed by atoms with E-state index >= 15 is 0 Å². The van der Waals surface area contributed by atoms with Crippen LogP contribution in [0.3, 0.4) is 0 Å². The third-order valence-corrected chi connectivity index (χ3v) is 7.10. The van der Waals surface area contributed by atoms with E-state index in [9.17, 15) is 9.59 Å². The van der Waals surface area contributed by atoms with Gasteiger partial charge in [-0.2, -0.15) is 0 Å². The highest BCUT2D eigenvalue weighted by atomic mass is 32.2. The SMILES string of the molecule is COc1ccc(OC)c(-n2c(SCC(=O)N3CCc4ccccc4C3)nc3ccccc3c2=O)c1. The highest BCUT2D eigenvalue weighted by Crippen LogP contribution is 2.31. The van der Waals surface area contributed by atoms with E-state index in [0.717, 1.165) is 6.42 Å². The third-order valence-electron chi connectivity index (χ3n) is 6.18. The summed E-state index contributed by atoms with van der Waals surface area (Å²) in [7, 11) is 3.12. The topological polar surface area (TPSA) is 73.7 Å². The Morgan fingerprint density at radius 3 is 2.57 bits per heavy atom. The molecule has 178 valence electrons. The summed E-state index contributed by atoms with van der Waals surface area (Å²) >= 11 is 1.25. The van der Waals surface area contributed by atoms with Gasteiger partial charge in [-0.05, 0) is 41.8 Å². The van der Waals surface area contributed by atoms with Crippen molar-refractivity contribution in [3.8, 4) is 17.2 Å². The van der Waals surface area contributed by atoms with E-state index < -0.39 is 0 Å². The van der Waals surface area contributed by atoms with Crippen molar-refractivity contribution in [2.24, 2.45) is 0 Å². The van der Waals surface area contributed by atoms with Crippen LogP contribution in [-0.4, -0.2) is 46.9 Å². The first-order valence-electron chi connectivity index (χ1n) is 11.3. The molecule has 0 spiro atoms. The molecule has 4 aromatic rings. The second kappa shape index (κ2) is 9.84. The minimum Gasteiger partial charge on any atom is -0.497 e. The smallest absolute Gasteiger partial charge is 0.266 e. The van der Waals surface area contributed by atoms with Crippen LogP contribution < -0.4 is 15.0 Å². The van der Waals surface area contributed by atoms with Crippen molar-refractivity contribution in [3.63, 3.8) is 0 Å². The van der Waals surface area contributed by atoms with Gasteiger partial charge in [-0.25, -0.2) is 4.98 Å². The molecule has 0 N–H and O–H groups in total. The summed E-state index contributed by atoms with van der Waals surface area (Å²) in [5, 5.41) is 0.909. The molecule has 7 nitrogen and oxygen atoms in total. The Morgan fingerprint density at radius 1 is 1.00 bits per heavy atom. The molecule has 0 saturated carbocycles. The van der Waals surface area contributed by atoms with Crippen molar-refractivity contribution in [3.05, 3.63) is 88.2 Å². The molecular weight excluding hydrogens is 462 g/mol. The van der Waals surface area contributed by atoms with Crippen LogP contribution in [0.1, 0.15) is 11.1 Å². The highest BCUT2D eigenvalue weighted by molar-refractivity contribution is 7.99. The first-order valence-corrected chi connectivity index (χ1v) is 12.3. The number of para-hydroxylation sites is 1. The van der Waals surface area contributed by atoms with Crippen LogP contribution in [0.15, 0.2) is 76.7 Å². The van der Waals surface area contributed by atoms with Gasteiger partial charge in [0.05, 0.1) is 36.6 Å². The van der Waals surface area contributed by atoms with E-state index in [4.69, 9.17) is 14.5 Å². The van der Waals surface area contributed by atoms with E-state index in [-0.39, 0.29) is 17.2 Å². The molecule has 1 aliphatic heterocycles. The molecule has 5 rings (SSSR count). The van der Waals surface area contributed by atoms with Gasteiger partial charge in [-0.3, -0.25) is 14.2 Å². The van der Waals surface area contributed by atoms with E-state index in [1.807, 2.05) is 29.2 Å². The molecular formula is C27H25N3O4S. The molecule has 2 heterocycles. The number of fused-ring (bicyclic) bond motifs is 2. The normalized spacial score (nSPS) is 12.9. The fourth-order valence-electron chi connectivity index (χ4n) is 4.32. The van der Waals surface area contributed by atoms with Gasteiger partial charge in [0.1, 0.15) is 11.5 Å². The van der Waals surface area contributed by atoms with Crippen molar-refractivity contribution in [1.82, 2.24) is 14.5 Å².